The molecule has 15 heavy (non-hydrogen) atoms. The highest BCUT2D eigenvalue weighted by Gasteiger charge is 2.15. The highest BCUT2D eigenvalue weighted by Crippen LogP contribution is 2.20. The molecule has 3 N–H and O–H groups in total. The largest absolute Gasteiger partial charge is 0.496 e. The van der Waals surface area contributed by atoms with Crippen molar-refractivity contribution in [3.05, 3.63) is 29.6 Å². The molecular formula is C10H12FNO3. The first kappa shape index (κ1) is 11.5. The highest BCUT2D eigenvalue weighted by molar-refractivity contribution is 5.73. The number of hydrogen-bond acceptors (Lipinski definition) is 3. The number of carboxylic acid groups (broad SMARTS) is 1. The quantitative estimate of drug-likeness (QED) is 0.773. The number of methoxy groups -OCH3 is 1. The van der Waals surface area contributed by atoms with Crippen molar-refractivity contribution < 1.29 is 19.0 Å². The van der Waals surface area contributed by atoms with Crippen LogP contribution < -0.4 is 10.5 Å². The van der Waals surface area contributed by atoms with Gasteiger partial charge in [0.1, 0.15) is 17.6 Å². The third-order valence-corrected chi connectivity index (χ3v) is 2.01. The Morgan fingerprint density at radius 2 is 2.33 bits per heavy atom. The van der Waals surface area contributed by atoms with E-state index in [1.165, 1.54) is 25.3 Å². The lowest BCUT2D eigenvalue weighted by atomic mass is 10.1. The lowest BCUT2D eigenvalue weighted by Gasteiger charge is -2.10. The second-order valence-corrected chi connectivity index (χ2v) is 3.11. The Morgan fingerprint density at radius 3 is 2.87 bits per heavy atom. The van der Waals surface area contributed by atoms with Gasteiger partial charge in [-0.3, -0.25) is 4.79 Å². The van der Waals surface area contributed by atoms with Crippen LogP contribution in [-0.2, 0) is 11.2 Å². The second kappa shape index (κ2) is 4.75. The van der Waals surface area contributed by atoms with Gasteiger partial charge in [-0.2, -0.15) is 0 Å². The Kier molecular flexibility index (Phi) is 3.62. The van der Waals surface area contributed by atoms with Gasteiger partial charge < -0.3 is 15.6 Å². The van der Waals surface area contributed by atoms with Gasteiger partial charge in [0, 0.05) is 12.5 Å². The van der Waals surface area contributed by atoms with Crippen LogP contribution in [0.25, 0.3) is 0 Å². The van der Waals surface area contributed by atoms with Crippen molar-refractivity contribution in [1.29, 1.82) is 0 Å². The molecule has 0 spiro atoms. The molecule has 0 radical (unpaired) electrons. The van der Waals surface area contributed by atoms with Crippen LogP contribution in [0.2, 0.25) is 0 Å². The fourth-order valence-corrected chi connectivity index (χ4v) is 1.21. The molecule has 0 amide bonds. The number of rotatable bonds is 4. The molecule has 82 valence electrons. The van der Waals surface area contributed by atoms with Crippen LogP contribution in [0, 0.1) is 5.82 Å². The molecule has 1 atom stereocenters. The maximum atomic E-state index is 12.8. The molecule has 0 aliphatic carbocycles. The number of hydrogen-bond donors (Lipinski definition) is 2. The lowest BCUT2D eigenvalue weighted by Crippen LogP contribution is -2.32. The maximum Gasteiger partial charge on any atom is 0.320 e. The van der Waals surface area contributed by atoms with Crippen LogP contribution in [0.1, 0.15) is 5.56 Å². The van der Waals surface area contributed by atoms with E-state index in [1.54, 1.807) is 0 Å². The number of aliphatic carboxylic acids is 1. The Morgan fingerprint density at radius 1 is 1.67 bits per heavy atom. The van der Waals surface area contributed by atoms with E-state index >= 15 is 0 Å². The van der Waals surface area contributed by atoms with E-state index in [0.29, 0.717) is 11.3 Å². The van der Waals surface area contributed by atoms with Gasteiger partial charge in [-0.15, -0.1) is 0 Å². The minimum Gasteiger partial charge on any atom is -0.496 e. The van der Waals surface area contributed by atoms with Crippen LogP contribution in [-0.4, -0.2) is 24.2 Å². The van der Waals surface area contributed by atoms with Crippen LogP contribution in [0.5, 0.6) is 5.75 Å². The predicted molar refractivity (Wildman–Crippen MR) is 52.3 cm³/mol. The molecule has 0 saturated heterocycles. The SMILES string of the molecule is COc1cc([18F])ccc1C[C@H](N)C(=O)O. The lowest BCUT2D eigenvalue weighted by molar-refractivity contribution is -0.138. The molecule has 4 nitrogen and oxygen atoms in total. The molecule has 0 saturated carbocycles. The fraction of sp³-hybridized carbons (Fsp3) is 0.300. The number of carboxylic acids is 1. The number of ether oxygens (including phenoxy) is 1. The number of carbonyl (C=O) groups is 1. The molecule has 0 unspecified atom stereocenters. The van der Waals surface area contributed by atoms with Crippen LogP contribution >= 0.6 is 0 Å². The molecule has 1 aromatic rings. The van der Waals surface area contributed by atoms with Crippen molar-refractivity contribution in [2.24, 2.45) is 5.73 Å². The van der Waals surface area contributed by atoms with Gasteiger partial charge >= 0.3 is 5.97 Å². The fourth-order valence-electron chi connectivity index (χ4n) is 1.21. The van der Waals surface area contributed by atoms with Gasteiger partial charge in [-0.05, 0) is 11.6 Å². The van der Waals surface area contributed by atoms with Crippen LogP contribution in [0.3, 0.4) is 0 Å². The van der Waals surface area contributed by atoms with Crippen LogP contribution in [0.15, 0.2) is 18.2 Å². The van der Waals surface area contributed by atoms with E-state index in [9.17, 15) is 9.18 Å². The standard InChI is InChI=1S/C10H12FNO3/c1-15-9-5-7(11)3-2-6(9)4-8(12)10(13)14/h2-3,5,8H,4,12H2,1H3,(H,13,14)/t8-/m0/s1/i11-1. The zero-order valence-electron chi connectivity index (χ0n) is 8.24. The van der Waals surface area contributed by atoms with Gasteiger partial charge in [-0.25, -0.2) is 4.39 Å². The third-order valence-electron chi connectivity index (χ3n) is 2.01. The molecule has 0 aliphatic heterocycles. The van der Waals surface area contributed by atoms with Crippen molar-refractivity contribution in [2.75, 3.05) is 7.11 Å². The minimum atomic E-state index is -1.10. The third kappa shape index (κ3) is 2.92. The molecule has 0 bridgehead atoms. The van der Waals surface area contributed by atoms with Crippen molar-refractivity contribution in [3.8, 4) is 5.75 Å². The van der Waals surface area contributed by atoms with Gasteiger partial charge in [0.05, 0.1) is 7.11 Å². The molecule has 1 aromatic carbocycles. The minimum absolute atomic E-state index is 0.110. The first-order chi connectivity index (χ1) is 7.04. The summed E-state index contributed by atoms with van der Waals surface area (Å²) in [5.74, 6) is -1.22. The molecule has 5 heteroatoms. The normalized spacial score (nSPS) is 12.2. The van der Waals surface area contributed by atoms with Crippen molar-refractivity contribution in [2.45, 2.75) is 12.5 Å². The number of benzene rings is 1. The Bertz CT molecular complexity index is 368. The maximum absolute atomic E-state index is 12.8. The molecule has 0 heterocycles. The summed E-state index contributed by atoms with van der Waals surface area (Å²) < 4.78 is 17.7. The van der Waals surface area contributed by atoms with Gasteiger partial charge in [0.25, 0.3) is 0 Å². The highest BCUT2D eigenvalue weighted by atomic mass is 18.2. The van der Waals surface area contributed by atoms with Crippen molar-refractivity contribution in [3.63, 3.8) is 0 Å². The smallest absolute Gasteiger partial charge is 0.320 e. The zero-order valence-corrected chi connectivity index (χ0v) is 8.24. The summed E-state index contributed by atoms with van der Waals surface area (Å²) >= 11 is 0. The molecular weight excluding hydrogens is 200 g/mol. The van der Waals surface area contributed by atoms with E-state index in [0.717, 1.165) is 0 Å². The molecule has 0 fully saturated rings. The van der Waals surface area contributed by atoms with E-state index in [4.69, 9.17) is 15.6 Å². The second-order valence-electron chi connectivity index (χ2n) is 3.11. The zero-order chi connectivity index (χ0) is 11.4. The summed E-state index contributed by atoms with van der Waals surface area (Å²) in [6.45, 7) is 0. The van der Waals surface area contributed by atoms with E-state index in [1.807, 2.05) is 0 Å². The monoisotopic (exact) mass is 212 g/mol. The number of halogens is 1. The molecule has 0 aromatic heterocycles. The molecule has 1 rings (SSSR count). The molecule has 0 aliphatic rings. The average molecular weight is 212 g/mol. The first-order valence-corrected chi connectivity index (χ1v) is 4.35. The average Bonchev–Trinajstić information content (AvgIpc) is 2.20. The van der Waals surface area contributed by atoms with Crippen molar-refractivity contribution in [1.82, 2.24) is 0 Å². The van der Waals surface area contributed by atoms with Gasteiger partial charge in [0.2, 0.25) is 0 Å². The van der Waals surface area contributed by atoms with E-state index in [2.05, 4.69) is 0 Å². The summed E-state index contributed by atoms with van der Waals surface area (Å²) in [6, 6.07) is 2.90. The summed E-state index contributed by atoms with van der Waals surface area (Å²) in [5, 5.41) is 8.62. The Balaban J connectivity index is 2.89. The van der Waals surface area contributed by atoms with Gasteiger partial charge in [0.15, 0.2) is 0 Å². The summed E-state index contributed by atoms with van der Waals surface area (Å²) in [5.41, 5.74) is 5.94. The summed E-state index contributed by atoms with van der Waals surface area (Å²) in [4.78, 5) is 10.5. The van der Waals surface area contributed by atoms with E-state index < -0.39 is 17.8 Å². The van der Waals surface area contributed by atoms with Gasteiger partial charge in [-0.1, -0.05) is 6.07 Å². The predicted octanol–water partition coefficient (Wildman–Crippen LogP) is 0.789. The van der Waals surface area contributed by atoms with E-state index in [-0.39, 0.29) is 6.42 Å². The Labute approximate surface area is 86.5 Å². The van der Waals surface area contributed by atoms with Crippen molar-refractivity contribution >= 4 is 5.97 Å². The van der Waals surface area contributed by atoms with Crippen LogP contribution in [0.4, 0.5) is 4.39 Å². The summed E-state index contributed by atoms with van der Waals surface area (Å²) in [7, 11) is 1.39. The topological polar surface area (TPSA) is 72.5 Å². The summed E-state index contributed by atoms with van der Waals surface area (Å²) in [6.07, 6.45) is 0.110. The Hall–Kier alpha value is -1.62. The number of nitrogens with two attached hydrogens (primary N) is 1. The first-order valence-electron chi connectivity index (χ1n) is 4.35.